The van der Waals surface area contributed by atoms with Gasteiger partial charge < -0.3 is 15.4 Å². The summed E-state index contributed by atoms with van der Waals surface area (Å²) in [5.74, 6) is 0.411. The summed E-state index contributed by atoms with van der Waals surface area (Å²) < 4.78 is 5.71. The van der Waals surface area contributed by atoms with Crippen LogP contribution in [0.25, 0.3) is 0 Å². The second-order valence-electron chi connectivity index (χ2n) is 8.83. The van der Waals surface area contributed by atoms with E-state index in [4.69, 9.17) is 4.74 Å². The van der Waals surface area contributed by atoms with Crippen molar-refractivity contribution in [1.82, 2.24) is 5.32 Å². The third-order valence-electron chi connectivity index (χ3n) is 4.92. The summed E-state index contributed by atoms with van der Waals surface area (Å²) in [6.07, 6.45) is 0.903. The molecule has 2 aromatic carbocycles. The highest BCUT2D eigenvalue weighted by Gasteiger charge is 2.13. The molecule has 0 atom stereocenters. The average molecular weight is 411 g/mol. The molecule has 0 heterocycles. The lowest BCUT2D eigenvalue weighted by atomic mass is 9.87. The smallest absolute Gasteiger partial charge is 0.243 e. The Morgan fingerprint density at radius 2 is 1.53 bits per heavy atom. The Kier molecular flexibility index (Phi) is 8.04. The van der Waals surface area contributed by atoms with Gasteiger partial charge in [0.1, 0.15) is 5.75 Å². The molecule has 2 aromatic rings. The predicted octanol–water partition coefficient (Wildman–Crippen LogP) is 4.82. The van der Waals surface area contributed by atoms with E-state index in [0.29, 0.717) is 19.4 Å². The van der Waals surface area contributed by atoms with Crippen LogP contribution in [-0.4, -0.2) is 25.0 Å². The third-order valence-corrected chi connectivity index (χ3v) is 4.92. The normalized spacial score (nSPS) is 11.1. The van der Waals surface area contributed by atoms with Gasteiger partial charge in [-0.3, -0.25) is 9.59 Å². The first-order valence-electron chi connectivity index (χ1n) is 10.4. The van der Waals surface area contributed by atoms with Crippen molar-refractivity contribution in [1.29, 1.82) is 0 Å². The van der Waals surface area contributed by atoms with Crippen molar-refractivity contribution in [3.8, 4) is 5.75 Å². The maximum atomic E-state index is 12.2. The van der Waals surface area contributed by atoms with Crippen molar-refractivity contribution in [3.63, 3.8) is 0 Å². The van der Waals surface area contributed by atoms with Crippen molar-refractivity contribution in [3.05, 3.63) is 58.7 Å². The van der Waals surface area contributed by atoms with Crippen LogP contribution in [0.5, 0.6) is 5.75 Å². The Hall–Kier alpha value is -2.82. The van der Waals surface area contributed by atoms with Crippen LogP contribution in [0.2, 0.25) is 0 Å². The van der Waals surface area contributed by atoms with Crippen LogP contribution < -0.4 is 15.4 Å². The number of aryl methyl sites for hydroxylation is 3. The summed E-state index contributed by atoms with van der Waals surface area (Å²) in [7, 11) is 0. The standard InChI is InChI=1S/C25H34N2O3/c1-17-14-18(2)24(19(3)15-17)27-23(29)16-26-22(28)8-7-13-30-21-11-9-20(10-12-21)25(4,5)6/h9-12,14-15H,7-8,13,16H2,1-6H3,(H,26,28)(H,27,29). The number of rotatable bonds is 8. The lowest BCUT2D eigenvalue weighted by Crippen LogP contribution is -2.33. The van der Waals surface area contributed by atoms with Crippen LogP contribution in [0.4, 0.5) is 5.69 Å². The fourth-order valence-corrected chi connectivity index (χ4v) is 3.30. The maximum absolute atomic E-state index is 12.2. The Balaban J connectivity index is 1.68. The molecule has 2 amide bonds. The predicted molar refractivity (Wildman–Crippen MR) is 122 cm³/mol. The molecule has 0 aliphatic heterocycles. The van der Waals surface area contributed by atoms with E-state index in [9.17, 15) is 9.59 Å². The van der Waals surface area contributed by atoms with E-state index >= 15 is 0 Å². The van der Waals surface area contributed by atoms with Gasteiger partial charge in [-0.25, -0.2) is 0 Å². The van der Waals surface area contributed by atoms with Gasteiger partial charge in [-0.2, -0.15) is 0 Å². The number of hydrogen-bond acceptors (Lipinski definition) is 3. The van der Waals surface area contributed by atoms with Crippen LogP contribution in [0.1, 0.15) is 55.9 Å². The molecule has 2 rings (SSSR count). The highest BCUT2D eigenvalue weighted by molar-refractivity contribution is 5.95. The Labute approximate surface area is 180 Å². The number of benzene rings is 2. The number of carbonyl (C=O) groups excluding carboxylic acids is 2. The van der Waals surface area contributed by atoms with Crippen LogP contribution in [0.3, 0.4) is 0 Å². The SMILES string of the molecule is Cc1cc(C)c(NC(=O)CNC(=O)CCCOc2ccc(C(C)(C)C)cc2)c(C)c1. The third kappa shape index (κ3) is 7.21. The van der Waals surface area contributed by atoms with Crippen LogP contribution in [0, 0.1) is 20.8 Å². The minimum absolute atomic E-state index is 0.0410. The fourth-order valence-electron chi connectivity index (χ4n) is 3.30. The summed E-state index contributed by atoms with van der Waals surface area (Å²) in [5.41, 5.74) is 5.36. The zero-order chi connectivity index (χ0) is 22.3. The summed E-state index contributed by atoms with van der Waals surface area (Å²) in [6, 6.07) is 12.1. The van der Waals surface area contributed by atoms with Crippen molar-refractivity contribution in [2.45, 2.75) is 59.8 Å². The molecule has 5 heteroatoms. The molecule has 0 aliphatic rings. The first-order chi connectivity index (χ1) is 14.1. The monoisotopic (exact) mass is 410 g/mol. The Morgan fingerprint density at radius 1 is 0.933 bits per heavy atom. The number of nitrogens with one attached hydrogen (secondary N) is 2. The molecule has 162 valence electrons. The minimum atomic E-state index is -0.228. The first-order valence-corrected chi connectivity index (χ1v) is 10.4. The van der Waals surface area contributed by atoms with Crippen molar-refractivity contribution < 1.29 is 14.3 Å². The molecule has 0 saturated carbocycles. The molecule has 0 radical (unpaired) electrons. The highest BCUT2D eigenvalue weighted by Crippen LogP contribution is 2.24. The number of ether oxygens (including phenoxy) is 1. The van der Waals surface area contributed by atoms with Gasteiger partial charge in [-0.1, -0.05) is 50.6 Å². The Bertz CT molecular complexity index is 857. The second kappa shape index (κ2) is 10.3. The quantitative estimate of drug-likeness (QED) is 0.613. The summed E-state index contributed by atoms with van der Waals surface area (Å²) in [6.45, 7) is 12.9. The molecule has 0 aliphatic carbocycles. The van der Waals surface area contributed by atoms with Crippen molar-refractivity contribution in [2.75, 3.05) is 18.5 Å². The van der Waals surface area contributed by atoms with Gasteiger partial charge in [0, 0.05) is 12.1 Å². The van der Waals surface area contributed by atoms with E-state index in [0.717, 1.165) is 28.1 Å². The van der Waals surface area contributed by atoms with Crippen molar-refractivity contribution >= 4 is 17.5 Å². The summed E-state index contributed by atoms with van der Waals surface area (Å²) in [4.78, 5) is 24.2. The van der Waals surface area contributed by atoms with E-state index in [1.54, 1.807) is 0 Å². The first kappa shape index (κ1) is 23.5. The molecule has 2 N–H and O–H groups in total. The van der Waals surface area contributed by atoms with Crippen LogP contribution in [0.15, 0.2) is 36.4 Å². The summed E-state index contributed by atoms with van der Waals surface area (Å²) in [5, 5.41) is 5.56. The molecule has 0 spiro atoms. The molecule has 0 saturated heterocycles. The molecule has 0 unspecified atom stereocenters. The van der Waals surface area contributed by atoms with Crippen molar-refractivity contribution in [2.24, 2.45) is 0 Å². The molecular formula is C25H34N2O3. The van der Waals surface area contributed by atoms with Gasteiger partial charge in [0.05, 0.1) is 13.2 Å². The second-order valence-corrected chi connectivity index (χ2v) is 8.83. The Morgan fingerprint density at radius 3 is 2.10 bits per heavy atom. The molecular weight excluding hydrogens is 376 g/mol. The highest BCUT2D eigenvalue weighted by atomic mass is 16.5. The van der Waals surface area contributed by atoms with E-state index in [1.807, 2.05) is 45.0 Å². The van der Waals surface area contributed by atoms with E-state index < -0.39 is 0 Å². The van der Waals surface area contributed by atoms with Gasteiger partial charge >= 0.3 is 0 Å². The van der Waals surface area contributed by atoms with E-state index in [-0.39, 0.29) is 23.8 Å². The van der Waals surface area contributed by atoms with Gasteiger partial charge in [0.25, 0.3) is 0 Å². The van der Waals surface area contributed by atoms with Gasteiger partial charge in [0.15, 0.2) is 0 Å². The molecule has 0 aromatic heterocycles. The van der Waals surface area contributed by atoms with Crippen LogP contribution >= 0.6 is 0 Å². The van der Waals surface area contributed by atoms with Gasteiger partial charge in [0.2, 0.25) is 11.8 Å². The van der Waals surface area contributed by atoms with E-state index in [1.165, 1.54) is 5.56 Å². The topological polar surface area (TPSA) is 67.4 Å². The number of hydrogen-bond donors (Lipinski definition) is 2. The molecule has 30 heavy (non-hydrogen) atoms. The molecule has 5 nitrogen and oxygen atoms in total. The average Bonchev–Trinajstić information content (AvgIpc) is 2.66. The zero-order valence-electron chi connectivity index (χ0n) is 19.0. The zero-order valence-corrected chi connectivity index (χ0v) is 19.0. The number of carbonyl (C=O) groups is 2. The fraction of sp³-hybridized carbons (Fsp3) is 0.440. The maximum Gasteiger partial charge on any atom is 0.243 e. The number of amides is 2. The van der Waals surface area contributed by atoms with Gasteiger partial charge in [-0.05, 0) is 61.4 Å². The van der Waals surface area contributed by atoms with Gasteiger partial charge in [-0.15, -0.1) is 0 Å². The molecule has 0 bridgehead atoms. The van der Waals surface area contributed by atoms with Crippen LogP contribution in [-0.2, 0) is 15.0 Å². The lowest BCUT2D eigenvalue weighted by molar-refractivity contribution is -0.124. The van der Waals surface area contributed by atoms with E-state index in [2.05, 4.69) is 43.5 Å². The largest absolute Gasteiger partial charge is 0.494 e. The lowest BCUT2D eigenvalue weighted by Gasteiger charge is -2.19. The summed E-state index contributed by atoms with van der Waals surface area (Å²) >= 11 is 0. The number of anilines is 1. The minimum Gasteiger partial charge on any atom is -0.494 e. The molecule has 0 fully saturated rings.